The van der Waals surface area contributed by atoms with Gasteiger partial charge in [0.1, 0.15) is 0 Å². The number of carbonyl (C=O) groups excluding carboxylic acids is 2. The van der Waals surface area contributed by atoms with Gasteiger partial charge < -0.3 is 25.4 Å². The average Bonchev–Trinajstić information content (AvgIpc) is 3.06. The highest BCUT2D eigenvalue weighted by atomic mass is 35.5. The van der Waals surface area contributed by atoms with Crippen molar-refractivity contribution in [2.24, 2.45) is 0 Å². The molecular weight excluding hydrogens is 659 g/mol. The maximum atomic E-state index is 14.0. The molecule has 1 saturated heterocycles. The van der Waals surface area contributed by atoms with Crippen LogP contribution in [0.3, 0.4) is 0 Å². The zero-order valence-corrected chi connectivity index (χ0v) is 27.9. The number of hydrogen-bond donors (Lipinski definition) is 3. The summed E-state index contributed by atoms with van der Waals surface area (Å²) in [5.41, 5.74) is 4.15. The molecule has 49 heavy (non-hydrogen) atoms. The number of aryl methyl sites for hydroxylation is 1. The molecule has 5 rings (SSSR count). The second-order valence-corrected chi connectivity index (χ2v) is 13.0. The topological polar surface area (TPSA) is 108 Å². The van der Waals surface area contributed by atoms with Crippen molar-refractivity contribution in [2.75, 3.05) is 19.7 Å². The number of piperazine rings is 1. The summed E-state index contributed by atoms with van der Waals surface area (Å²) in [5.74, 6) is -5.56. The van der Waals surface area contributed by atoms with Crippen LogP contribution in [0.4, 0.5) is 13.2 Å². The lowest BCUT2D eigenvalue weighted by atomic mass is 9.82. The highest BCUT2D eigenvalue weighted by Crippen LogP contribution is 2.34. The fourth-order valence-corrected chi connectivity index (χ4v) is 6.66. The van der Waals surface area contributed by atoms with Crippen molar-refractivity contribution in [3.05, 3.63) is 105 Å². The minimum Gasteiger partial charge on any atom is -0.488 e. The number of nitrogens with one attached hydrogen (secondary N) is 2. The van der Waals surface area contributed by atoms with Gasteiger partial charge in [0.15, 0.2) is 17.4 Å². The van der Waals surface area contributed by atoms with Gasteiger partial charge in [-0.1, -0.05) is 54.1 Å². The Hall–Kier alpha value is -4.35. The molecule has 3 N–H and O–H groups in total. The summed E-state index contributed by atoms with van der Waals surface area (Å²) >= 11 is 6.37. The molecule has 2 aliphatic heterocycles. The summed E-state index contributed by atoms with van der Waals surface area (Å²) in [6, 6.07) is 16.0. The Balaban J connectivity index is 1.31. The molecule has 3 aromatic carbocycles. The first-order valence-corrected chi connectivity index (χ1v) is 16.8. The van der Waals surface area contributed by atoms with Crippen LogP contribution in [0, 0.1) is 17.5 Å². The van der Waals surface area contributed by atoms with Gasteiger partial charge in [0, 0.05) is 48.6 Å². The van der Waals surface area contributed by atoms with Crippen molar-refractivity contribution in [1.29, 1.82) is 0 Å². The maximum Gasteiger partial charge on any atom is 0.303 e. The van der Waals surface area contributed by atoms with Gasteiger partial charge in [-0.05, 0) is 79.5 Å². The Morgan fingerprint density at radius 2 is 1.73 bits per heavy atom. The van der Waals surface area contributed by atoms with Gasteiger partial charge in [-0.3, -0.25) is 14.4 Å². The quantitative estimate of drug-likeness (QED) is 0.139. The van der Waals surface area contributed by atoms with Crippen molar-refractivity contribution >= 4 is 35.0 Å². The van der Waals surface area contributed by atoms with Gasteiger partial charge >= 0.3 is 5.97 Å². The Morgan fingerprint density at radius 1 is 1.00 bits per heavy atom. The van der Waals surface area contributed by atoms with Crippen molar-refractivity contribution < 1.29 is 37.4 Å². The molecule has 8 nitrogen and oxygen atoms in total. The summed E-state index contributed by atoms with van der Waals surface area (Å²) in [5, 5.41) is 16.3. The third-order valence-electron chi connectivity index (χ3n) is 8.81. The van der Waals surface area contributed by atoms with Crippen molar-refractivity contribution in [3.8, 4) is 5.75 Å². The largest absolute Gasteiger partial charge is 0.488 e. The molecule has 0 aromatic heterocycles. The van der Waals surface area contributed by atoms with Gasteiger partial charge in [0.25, 0.3) is 0 Å². The van der Waals surface area contributed by atoms with Gasteiger partial charge in [0.05, 0.1) is 12.6 Å². The number of carbonyl (C=O) groups is 3. The summed E-state index contributed by atoms with van der Waals surface area (Å²) in [6.45, 7) is 2.61. The lowest BCUT2D eigenvalue weighted by Crippen LogP contribution is -2.62. The Kier molecular flexibility index (Phi) is 12.0. The predicted octanol–water partition coefficient (Wildman–Crippen LogP) is 6.10. The number of hydrogen-bond acceptors (Lipinski definition) is 5. The van der Waals surface area contributed by atoms with Crippen LogP contribution in [0.5, 0.6) is 5.75 Å². The molecular formula is C37H39ClF3N3O5. The highest BCUT2D eigenvalue weighted by Gasteiger charge is 2.39. The van der Waals surface area contributed by atoms with E-state index in [-0.39, 0.29) is 56.3 Å². The Morgan fingerprint density at radius 3 is 2.47 bits per heavy atom. The monoisotopic (exact) mass is 697 g/mol. The summed E-state index contributed by atoms with van der Waals surface area (Å²) in [7, 11) is 0. The van der Waals surface area contributed by atoms with Crippen molar-refractivity contribution in [1.82, 2.24) is 15.5 Å². The third-order valence-corrected chi connectivity index (χ3v) is 9.17. The molecule has 2 amide bonds. The van der Waals surface area contributed by atoms with E-state index in [1.807, 2.05) is 55.5 Å². The van der Waals surface area contributed by atoms with Crippen molar-refractivity contribution in [3.63, 3.8) is 0 Å². The van der Waals surface area contributed by atoms with E-state index in [0.29, 0.717) is 48.9 Å². The van der Waals surface area contributed by atoms with Crippen LogP contribution < -0.4 is 15.4 Å². The van der Waals surface area contributed by atoms with E-state index in [1.165, 1.54) is 0 Å². The number of rotatable bonds is 14. The number of nitrogens with zero attached hydrogens (tertiary/aromatic N) is 1. The maximum absolute atomic E-state index is 14.0. The van der Waals surface area contributed by atoms with Crippen LogP contribution in [0.15, 0.2) is 66.2 Å². The van der Waals surface area contributed by atoms with Crippen LogP contribution >= 0.6 is 11.6 Å². The molecule has 260 valence electrons. The highest BCUT2D eigenvalue weighted by molar-refractivity contribution is 6.31. The van der Waals surface area contributed by atoms with E-state index < -0.39 is 35.2 Å². The molecule has 0 aliphatic carbocycles. The zero-order valence-electron chi connectivity index (χ0n) is 27.1. The lowest BCUT2D eigenvalue weighted by molar-refractivity contribution is -0.137. The second kappa shape index (κ2) is 16.4. The first-order valence-electron chi connectivity index (χ1n) is 16.4. The van der Waals surface area contributed by atoms with Crippen LogP contribution in [0.1, 0.15) is 55.7 Å². The van der Waals surface area contributed by atoms with Crippen molar-refractivity contribution in [2.45, 2.75) is 70.0 Å². The fraction of sp³-hybridized carbons (Fsp3) is 0.378. The van der Waals surface area contributed by atoms with E-state index in [0.717, 1.165) is 28.3 Å². The summed E-state index contributed by atoms with van der Waals surface area (Å²) in [4.78, 5) is 39.7. The minimum absolute atomic E-state index is 0.0124. The number of carboxylic acid groups (broad SMARTS) is 1. The normalized spacial score (nSPS) is 17.9. The number of ether oxygens (including phenoxy) is 1. The molecule has 2 heterocycles. The summed E-state index contributed by atoms with van der Waals surface area (Å²) in [6.07, 6.45) is 2.28. The smallest absolute Gasteiger partial charge is 0.303 e. The van der Waals surface area contributed by atoms with E-state index in [9.17, 15) is 27.6 Å². The molecule has 3 aromatic rings. The first kappa shape index (κ1) is 35.9. The van der Waals surface area contributed by atoms with Gasteiger partial charge in [-0.15, -0.1) is 0 Å². The average molecular weight is 698 g/mol. The van der Waals surface area contributed by atoms with E-state index in [1.54, 1.807) is 4.90 Å². The third kappa shape index (κ3) is 9.21. The molecule has 1 fully saturated rings. The van der Waals surface area contributed by atoms with Crippen LogP contribution in [0.25, 0.3) is 5.57 Å². The van der Waals surface area contributed by atoms with Gasteiger partial charge in [0.2, 0.25) is 17.6 Å². The molecule has 2 bridgehead atoms. The second-order valence-electron chi connectivity index (χ2n) is 12.5. The molecule has 1 unspecified atom stereocenters. The molecule has 0 spiro atoms. The van der Waals surface area contributed by atoms with Crippen LogP contribution in [-0.2, 0) is 27.2 Å². The molecule has 3 atom stereocenters. The predicted molar refractivity (Wildman–Crippen MR) is 180 cm³/mol. The molecule has 0 radical (unpaired) electrons. The van der Waals surface area contributed by atoms with E-state index in [4.69, 9.17) is 21.4 Å². The van der Waals surface area contributed by atoms with E-state index >= 15 is 0 Å². The number of fused-ring (bicyclic) bond motifs is 2. The summed E-state index contributed by atoms with van der Waals surface area (Å²) < 4.78 is 46.5. The molecule has 2 aliphatic rings. The van der Waals surface area contributed by atoms with Crippen LogP contribution in [0.2, 0.25) is 5.02 Å². The standard InChI is InChI=1S/C37H39ClF3N3O5/c1-22(18-25-7-2-3-8-28(25)38)42-37(48)34-27(19-26-20-44(21-31(34)43-26)32(45)9-4-10-33(46)47)24-13-11-23(12-14-24)6-5-17-49-36-30(40)16-15-29(39)35(36)41/h2-3,7-8,11-16,22,26,31,43H,4-6,9-10,17-21H2,1H3,(H,42,48)(H,46,47)/t22?,26-,31-/m1/s1. The zero-order chi connectivity index (χ0) is 35.1. The number of benzene rings is 3. The number of amides is 2. The minimum atomic E-state index is -1.35. The SMILES string of the molecule is CC(Cc1ccccc1Cl)NC(=O)C1=C(c2ccc(CCCOc3c(F)ccc(F)c3F)cc2)C[C@@H]2CN(C(=O)CCCC(=O)O)C[C@H]1N2. The van der Waals surface area contributed by atoms with Crippen LogP contribution in [-0.4, -0.2) is 65.6 Å². The number of aliphatic carboxylic acids is 1. The number of halogens is 4. The first-order chi connectivity index (χ1) is 23.5. The molecule has 12 heteroatoms. The lowest BCUT2D eigenvalue weighted by Gasteiger charge is -2.44. The fourth-order valence-electron chi connectivity index (χ4n) is 6.45. The van der Waals surface area contributed by atoms with Gasteiger partial charge in [-0.2, -0.15) is 4.39 Å². The number of carboxylic acids is 1. The Labute approximate surface area is 288 Å². The van der Waals surface area contributed by atoms with Gasteiger partial charge in [-0.25, -0.2) is 8.78 Å². The Bertz CT molecular complexity index is 1720. The van der Waals surface area contributed by atoms with E-state index in [2.05, 4.69) is 10.6 Å². The molecule has 0 saturated carbocycles.